The van der Waals surface area contributed by atoms with Crippen molar-refractivity contribution in [2.75, 3.05) is 0 Å². The maximum Gasteiger partial charge on any atom is 0.115 e. The van der Waals surface area contributed by atoms with Crippen LogP contribution in [0.25, 0.3) is 0 Å². The summed E-state index contributed by atoms with van der Waals surface area (Å²) < 4.78 is 1.82. The number of aromatic nitrogens is 2. The molecule has 90 valence electrons. The van der Waals surface area contributed by atoms with Crippen molar-refractivity contribution in [3.05, 3.63) is 47.3 Å². The van der Waals surface area contributed by atoms with Gasteiger partial charge < -0.3 is 10.4 Å². The molecule has 4 nitrogen and oxygen atoms in total. The molecule has 0 saturated heterocycles. The molecule has 0 aliphatic heterocycles. The van der Waals surface area contributed by atoms with Crippen molar-refractivity contribution in [1.82, 2.24) is 15.1 Å². The van der Waals surface area contributed by atoms with Gasteiger partial charge in [-0.25, -0.2) is 0 Å². The van der Waals surface area contributed by atoms with E-state index in [1.807, 2.05) is 37.0 Å². The van der Waals surface area contributed by atoms with E-state index in [4.69, 9.17) is 0 Å². The fourth-order valence-electron chi connectivity index (χ4n) is 1.83. The molecule has 0 aliphatic rings. The Bertz CT molecular complexity index is 505. The molecule has 1 aromatic carbocycles. The molecule has 0 atom stereocenters. The summed E-state index contributed by atoms with van der Waals surface area (Å²) in [7, 11) is 1.92. The number of benzene rings is 1. The van der Waals surface area contributed by atoms with Crippen molar-refractivity contribution >= 4 is 0 Å². The highest BCUT2D eigenvalue weighted by Gasteiger charge is 2.02. The highest BCUT2D eigenvalue weighted by atomic mass is 16.3. The van der Waals surface area contributed by atoms with E-state index < -0.39 is 0 Å². The fourth-order valence-corrected chi connectivity index (χ4v) is 1.83. The summed E-state index contributed by atoms with van der Waals surface area (Å²) >= 11 is 0. The van der Waals surface area contributed by atoms with E-state index in [0.29, 0.717) is 5.75 Å². The summed E-state index contributed by atoms with van der Waals surface area (Å²) in [5.74, 6) is 0.307. The van der Waals surface area contributed by atoms with Crippen LogP contribution in [-0.4, -0.2) is 14.9 Å². The van der Waals surface area contributed by atoms with E-state index in [1.165, 1.54) is 5.56 Å². The lowest BCUT2D eigenvalue weighted by Gasteiger charge is -2.04. The number of hydrogen-bond donors (Lipinski definition) is 2. The summed E-state index contributed by atoms with van der Waals surface area (Å²) in [5.41, 5.74) is 3.33. The minimum Gasteiger partial charge on any atom is -0.508 e. The van der Waals surface area contributed by atoms with E-state index in [2.05, 4.69) is 10.4 Å². The van der Waals surface area contributed by atoms with Crippen molar-refractivity contribution in [1.29, 1.82) is 0 Å². The number of hydrogen-bond acceptors (Lipinski definition) is 3. The van der Waals surface area contributed by atoms with Gasteiger partial charge in [0.15, 0.2) is 0 Å². The van der Waals surface area contributed by atoms with Crippen LogP contribution in [0.4, 0.5) is 0 Å². The second-order valence-electron chi connectivity index (χ2n) is 4.19. The highest BCUT2D eigenvalue weighted by molar-refractivity contribution is 5.27. The zero-order chi connectivity index (χ0) is 12.3. The van der Waals surface area contributed by atoms with Crippen LogP contribution in [0, 0.1) is 6.92 Å². The molecule has 2 N–H and O–H groups in total. The quantitative estimate of drug-likeness (QED) is 0.842. The van der Waals surface area contributed by atoms with Crippen LogP contribution in [0.2, 0.25) is 0 Å². The monoisotopic (exact) mass is 231 g/mol. The first-order chi connectivity index (χ1) is 8.15. The second-order valence-corrected chi connectivity index (χ2v) is 4.19. The third-order valence-corrected chi connectivity index (χ3v) is 2.67. The molecular formula is C13H17N3O. The van der Waals surface area contributed by atoms with Gasteiger partial charge in [-0.2, -0.15) is 5.10 Å². The number of rotatable bonds is 4. The Kier molecular flexibility index (Phi) is 3.44. The SMILES string of the molecule is Cc1nn(C)cc1CNCc1cccc(O)c1. The van der Waals surface area contributed by atoms with E-state index in [1.54, 1.807) is 12.1 Å². The second kappa shape index (κ2) is 5.01. The largest absolute Gasteiger partial charge is 0.508 e. The summed E-state index contributed by atoms with van der Waals surface area (Å²) in [4.78, 5) is 0. The van der Waals surface area contributed by atoms with E-state index in [0.717, 1.165) is 24.3 Å². The molecule has 0 aliphatic carbocycles. The minimum atomic E-state index is 0.307. The van der Waals surface area contributed by atoms with Gasteiger partial charge in [-0.15, -0.1) is 0 Å². The van der Waals surface area contributed by atoms with Gasteiger partial charge in [-0.1, -0.05) is 12.1 Å². The summed E-state index contributed by atoms with van der Waals surface area (Å²) in [6.45, 7) is 3.53. The molecule has 0 spiro atoms. The van der Waals surface area contributed by atoms with E-state index >= 15 is 0 Å². The molecule has 0 fully saturated rings. The number of phenolic OH excluding ortho intramolecular Hbond substituents is 1. The molecule has 1 heterocycles. The Labute approximate surface area is 101 Å². The Balaban J connectivity index is 1.89. The normalized spacial score (nSPS) is 10.7. The molecule has 0 bridgehead atoms. The van der Waals surface area contributed by atoms with Crippen LogP contribution >= 0.6 is 0 Å². The van der Waals surface area contributed by atoms with Crippen molar-refractivity contribution < 1.29 is 5.11 Å². The zero-order valence-corrected chi connectivity index (χ0v) is 10.1. The predicted octanol–water partition coefficient (Wildman–Crippen LogP) is 1.72. The Hall–Kier alpha value is -1.81. The smallest absolute Gasteiger partial charge is 0.115 e. The molecular weight excluding hydrogens is 214 g/mol. The molecule has 0 amide bonds. The van der Waals surface area contributed by atoms with Gasteiger partial charge in [-0.05, 0) is 24.6 Å². The molecule has 2 rings (SSSR count). The lowest BCUT2D eigenvalue weighted by atomic mass is 10.2. The van der Waals surface area contributed by atoms with Gasteiger partial charge in [0.2, 0.25) is 0 Å². The summed E-state index contributed by atoms with van der Waals surface area (Å²) in [5, 5.41) is 17.0. The van der Waals surface area contributed by atoms with Crippen LogP contribution in [0.15, 0.2) is 30.5 Å². The highest BCUT2D eigenvalue weighted by Crippen LogP contribution is 2.11. The van der Waals surface area contributed by atoms with Gasteiger partial charge in [0.25, 0.3) is 0 Å². The predicted molar refractivity (Wildman–Crippen MR) is 66.6 cm³/mol. The topological polar surface area (TPSA) is 50.1 Å². The summed E-state index contributed by atoms with van der Waals surface area (Å²) in [6, 6.07) is 7.28. The molecule has 0 unspecified atom stereocenters. The lowest BCUT2D eigenvalue weighted by Crippen LogP contribution is -2.12. The first kappa shape index (κ1) is 11.7. The Morgan fingerprint density at radius 1 is 1.35 bits per heavy atom. The number of aromatic hydroxyl groups is 1. The Morgan fingerprint density at radius 3 is 2.82 bits per heavy atom. The molecule has 17 heavy (non-hydrogen) atoms. The maximum atomic E-state index is 9.34. The molecule has 0 radical (unpaired) electrons. The van der Waals surface area contributed by atoms with E-state index in [-0.39, 0.29) is 0 Å². The standard InChI is InChI=1S/C13H17N3O/c1-10-12(9-16(2)15-10)8-14-7-11-4-3-5-13(17)6-11/h3-6,9,14,17H,7-8H2,1-2H3. The average molecular weight is 231 g/mol. The first-order valence-electron chi connectivity index (χ1n) is 5.63. The van der Waals surface area contributed by atoms with Crippen LogP contribution in [-0.2, 0) is 20.1 Å². The number of nitrogens with zero attached hydrogens (tertiary/aromatic N) is 2. The number of nitrogens with one attached hydrogen (secondary N) is 1. The van der Waals surface area contributed by atoms with E-state index in [9.17, 15) is 5.11 Å². The van der Waals surface area contributed by atoms with Crippen LogP contribution in [0.1, 0.15) is 16.8 Å². The lowest BCUT2D eigenvalue weighted by molar-refractivity contribution is 0.474. The van der Waals surface area contributed by atoms with Gasteiger partial charge in [0.1, 0.15) is 5.75 Å². The number of aryl methyl sites for hydroxylation is 2. The molecule has 1 aromatic heterocycles. The van der Waals surface area contributed by atoms with Crippen molar-refractivity contribution in [2.45, 2.75) is 20.0 Å². The maximum absolute atomic E-state index is 9.34. The van der Waals surface area contributed by atoms with Crippen molar-refractivity contribution in [3.8, 4) is 5.75 Å². The minimum absolute atomic E-state index is 0.307. The van der Waals surface area contributed by atoms with Crippen molar-refractivity contribution in [3.63, 3.8) is 0 Å². The van der Waals surface area contributed by atoms with Crippen molar-refractivity contribution in [2.24, 2.45) is 7.05 Å². The number of phenols is 1. The van der Waals surface area contributed by atoms with Gasteiger partial charge in [0.05, 0.1) is 5.69 Å². The zero-order valence-electron chi connectivity index (χ0n) is 10.1. The van der Waals surface area contributed by atoms with Crippen LogP contribution in [0.5, 0.6) is 5.75 Å². The fraction of sp³-hybridized carbons (Fsp3) is 0.308. The van der Waals surface area contributed by atoms with Crippen LogP contribution < -0.4 is 5.32 Å². The summed E-state index contributed by atoms with van der Waals surface area (Å²) in [6.07, 6.45) is 2.02. The third-order valence-electron chi connectivity index (χ3n) is 2.67. The Morgan fingerprint density at radius 2 is 2.18 bits per heavy atom. The molecule has 4 heteroatoms. The molecule has 2 aromatic rings. The van der Waals surface area contributed by atoms with Gasteiger partial charge in [-0.3, -0.25) is 4.68 Å². The van der Waals surface area contributed by atoms with Gasteiger partial charge >= 0.3 is 0 Å². The average Bonchev–Trinajstić information content (AvgIpc) is 2.58. The molecule has 0 saturated carbocycles. The third kappa shape index (κ3) is 3.07. The van der Waals surface area contributed by atoms with Gasteiger partial charge in [0, 0.05) is 31.9 Å². The van der Waals surface area contributed by atoms with Crippen LogP contribution in [0.3, 0.4) is 0 Å². The first-order valence-corrected chi connectivity index (χ1v) is 5.63.